The van der Waals surface area contributed by atoms with Crippen LogP contribution in [0, 0.1) is 11.8 Å². The lowest BCUT2D eigenvalue weighted by molar-refractivity contribution is -0.123. The Balaban J connectivity index is 1.82. The van der Waals surface area contributed by atoms with Crippen molar-refractivity contribution in [3.8, 4) is 0 Å². The van der Waals surface area contributed by atoms with Crippen LogP contribution in [0.15, 0.2) is 42.5 Å². The van der Waals surface area contributed by atoms with Crippen LogP contribution in [-0.2, 0) is 21.2 Å². The molecule has 3 atom stereocenters. The summed E-state index contributed by atoms with van der Waals surface area (Å²) in [6.45, 7) is 3.89. The minimum atomic E-state index is -3.64. The van der Waals surface area contributed by atoms with Gasteiger partial charge in [0.2, 0.25) is 10.0 Å². The van der Waals surface area contributed by atoms with Crippen molar-refractivity contribution in [1.82, 2.24) is 15.6 Å². The van der Waals surface area contributed by atoms with Gasteiger partial charge in [0.1, 0.15) is 17.2 Å². The number of nitrogens with zero attached hydrogens (tertiary/aromatic N) is 3. The highest BCUT2D eigenvalue weighted by Crippen LogP contribution is 2.38. The molecule has 3 N–H and O–H groups in total. The molecule has 1 aliphatic rings. The fraction of sp³-hybridized carbons (Fsp3) is 0.462. The van der Waals surface area contributed by atoms with E-state index in [4.69, 9.17) is 0 Å². The van der Waals surface area contributed by atoms with Gasteiger partial charge in [0.15, 0.2) is 5.78 Å². The maximum absolute atomic E-state index is 13.1. The number of anilines is 2. The van der Waals surface area contributed by atoms with Crippen LogP contribution in [0.5, 0.6) is 0 Å². The minimum absolute atomic E-state index is 0.0682. The molecule has 0 radical (unpaired) electrons. The number of ketones is 1. The van der Waals surface area contributed by atoms with E-state index in [1.807, 2.05) is 18.0 Å². The van der Waals surface area contributed by atoms with Crippen molar-refractivity contribution in [2.75, 3.05) is 42.6 Å². The number of pyridine rings is 1. The summed E-state index contributed by atoms with van der Waals surface area (Å²) in [6.07, 6.45) is 0.873. The smallest absolute Gasteiger partial charge is 0.405 e. The van der Waals surface area contributed by atoms with Crippen molar-refractivity contribution in [3.05, 3.63) is 53.6 Å². The Kier molecular flexibility index (Phi) is 8.65. The molecule has 1 heterocycles. The lowest BCUT2D eigenvalue weighted by Gasteiger charge is -2.28. The van der Waals surface area contributed by atoms with Crippen LogP contribution in [-0.4, -0.2) is 75.3 Å². The zero-order valence-electron chi connectivity index (χ0n) is 22.3. The van der Waals surface area contributed by atoms with Gasteiger partial charge in [-0.2, -0.15) is 0 Å². The van der Waals surface area contributed by atoms with Crippen LogP contribution in [0.2, 0.25) is 0 Å². The number of hydrogen-bond acceptors (Lipinski definition) is 7. The number of nitrogens with one attached hydrogen (secondary N) is 2. The molecule has 0 spiro atoms. The van der Waals surface area contributed by atoms with E-state index in [2.05, 4.69) is 22.5 Å². The summed E-state index contributed by atoms with van der Waals surface area (Å²) in [5, 5.41) is 14.2. The lowest BCUT2D eigenvalue weighted by Crippen LogP contribution is -2.56. The predicted molar refractivity (Wildman–Crippen MR) is 145 cm³/mol. The van der Waals surface area contributed by atoms with Crippen molar-refractivity contribution in [1.29, 1.82) is 0 Å². The van der Waals surface area contributed by atoms with Crippen molar-refractivity contribution in [3.63, 3.8) is 0 Å². The largest absolute Gasteiger partial charge is 0.465 e. The fourth-order valence-electron chi connectivity index (χ4n) is 4.17. The molecular formula is C26H35N5O6S. The molecule has 1 fully saturated rings. The molecule has 1 aromatic carbocycles. The maximum Gasteiger partial charge on any atom is 0.405 e. The Hall–Kier alpha value is -3.67. The Morgan fingerprint density at radius 1 is 1.13 bits per heavy atom. The first-order valence-corrected chi connectivity index (χ1v) is 14.1. The third-order valence-electron chi connectivity index (χ3n) is 6.86. The van der Waals surface area contributed by atoms with E-state index in [9.17, 15) is 27.9 Å². The quantitative estimate of drug-likeness (QED) is 0.367. The molecule has 1 aromatic heterocycles. The lowest BCUT2D eigenvalue weighted by atomic mass is 9.88. The Morgan fingerprint density at radius 3 is 2.29 bits per heavy atom. The highest BCUT2D eigenvalue weighted by atomic mass is 32.2. The summed E-state index contributed by atoms with van der Waals surface area (Å²) in [4.78, 5) is 44.0. The van der Waals surface area contributed by atoms with Gasteiger partial charge in [0.25, 0.3) is 5.91 Å². The normalized spacial score (nSPS) is 18.1. The van der Waals surface area contributed by atoms with Gasteiger partial charge < -0.3 is 20.6 Å². The number of Topliss-reactive ketones (excluding diaryl/α,β-unsaturated/α-hetero) is 1. The first-order valence-electron chi connectivity index (χ1n) is 12.2. The van der Waals surface area contributed by atoms with Crippen LogP contribution in [0.1, 0.15) is 36.2 Å². The van der Waals surface area contributed by atoms with Gasteiger partial charge in [-0.25, -0.2) is 18.2 Å². The molecule has 11 nitrogen and oxygen atoms in total. The number of benzene rings is 1. The number of amides is 2. The topological polar surface area (TPSA) is 149 Å². The highest BCUT2D eigenvalue weighted by molar-refractivity contribution is 7.92. The van der Waals surface area contributed by atoms with Crippen LogP contribution in [0.25, 0.3) is 0 Å². The van der Waals surface area contributed by atoms with Crippen LogP contribution in [0.4, 0.5) is 16.4 Å². The van der Waals surface area contributed by atoms with Crippen molar-refractivity contribution < 1.29 is 27.9 Å². The fourth-order valence-corrected chi connectivity index (χ4v) is 4.60. The Bertz CT molecular complexity index is 1300. The van der Waals surface area contributed by atoms with Gasteiger partial charge in [0, 0.05) is 32.6 Å². The molecular weight excluding hydrogens is 510 g/mol. The molecule has 1 saturated carbocycles. The molecule has 2 amide bonds. The molecule has 2 aromatic rings. The zero-order valence-corrected chi connectivity index (χ0v) is 23.1. The first kappa shape index (κ1) is 28.9. The van der Waals surface area contributed by atoms with Gasteiger partial charge in [-0.3, -0.25) is 13.9 Å². The Labute approximate surface area is 223 Å². The number of carboxylic acid groups (broad SMARTS) is 1. The Morgan fingerprint density at radius 2 is 1.74 bits per heavy atom. The molecule has 12 heteroatoms. The van der Waals surface area contributed by atoms with E-state index in [-0.39, 0.29) is 17.8 Å². The second-order valence-electron chi connectivity index (χ2n) is 10.2. The van der Waals surface area contributed by atoms with E-state index >= 15 is 0 Å². The van der Waals surface area contributed by atoms with Crippen LogP contribution in [0.3, 0.4) is 0 Å². The summed E-state index contributed by atoms with van der Waals surface area (Å²) in [7, 11) is -0.466. The van der Waals surface area contributed by atoms with Gasteiger partial charge in [-0.1, -0.05) is 37.3 Å². The van der Waals surface area contributed by atoms with Gasteiger partial charge >= 0.3 is 6.09 Å². The number of rotatable bonds is 12. The molecule has 1 aliphatic carbocycles. The van der Waals surface area contributed by atoms with E-state index in [1.165, 1.54) is 20.0 Å². The second kappa shape index (κ2) is 11.4. The van der Waals surface area contributed by atoms with E-state index in [0.29, 0.717) is 24.2 Å². The molecule has 0 bridgehead atoms. The van der Waals surface area contributed by atoms with Gasteiger partial charge in [-0.15, -0.1) is 0 Å². The van der Waals surface area contributed by atoms with Crippen LogP contribution < -0.4 is 19.8 Å². The number of carbonyl (C=O) groups is 3. The van der Waals surface area contributed by atoms with Crippen LogP contribution >= 0.6 is 0 Å². The minimum Gasteiger partial charge on any atom is -0.465 e. The number of sulfonamides is 1. The number of aromatic nitrogens is 1. The van der Waals surface area contributed by atoms with Crippen molar-refractivity contribution in [2.24, 2.45) is 11.8 Å². The molecule has 3 rings (SSSR count). The standard InChI is InChI=1S/C26H35N5O6S/c1-17-11-20(17)16-30(3)22-12-19(13-23(28-22)31(4)38(5,36)37)24(33)27-15-21(32)26(2,29-25(34)35)14-18-9-7-6-8-10-18/h6-10,12-13,17,20,29H,11,14-16H2,1-5H3,(H,27,33)(H,34,35)/t17?,20?,26-/m1/s1. The maximum atomic E-state index is 13.1. The summed E-state index contributed by atoms with van der Waals surface area (Å²) in [6, 6.07) is 11.8. The molecule has 2 unspecified atom stereocenters. The first-order chi connectivity index (χ1) is 17.7. The summed E-state index contributed by atoms with van der Waals surface area (Å²) in [5.41, 5.74) is -0.601. The van der Waals surface area contributed by atoms with Crippen molar-refractivity contribution in [2.45, 2.75) is 32.2 Å². The number of carbonyl (C=O) groups excluding carboxylic acids is 2. The number of hydrogen-bond donors (Lipinski definition) is 3. The van der Waals surface area contributed by atoms with Gasteiger partial charge in [0.05, 0.1) is 12.8 Å². The average Bonchev–Trinajstić information content (AvgIpc) is 3.54. The zero-order chi connectivity index (χ0) is 28.3. The van der Waals surface area contributed by atoms with E-state index < -0.39 is 39.9 Å². The monoisotopic (exact) mass is 545 g/mol. The molecule has 0 saturated heterocycles. The third-order valence-corrected chi connectivity index (χ3v) is 8.05. The van der Waals surface area contributed by atoms with Gasteiger partial charge in [-0.05, 0) is 42.9 Å². The SMILES string of the molecule is CC1CC1CN(C)c1cc(C(=O)NCC(=O)[C@@](C)(Cc2ccccc2)NC(=O)O)cc(N(C)S(C)(=O)=O)n1. The summed E-state index contributed by atoms with van der Waals surface area (Å²) in [5.74, 6) is 0.443. The molecule has 0 aliphatic heterocycles. The third kappa shape index (κ3) is 7.44. The molecule has 38 heavy (non-hydrogen) atoms. The predicted octanol–water partition coefficient (Wildman–Crippen LogP) is 2.14. The molecule has 206 valence electrons. The van der Waals surface area contributed by atoms with E-state index in [0.717, 1.165) is 22.5 Å². The average molecular weight is 546 g/mol. The second-order valence-corrected chi connectivity index (χ2v) is 12.2. The summed E-state index contributed by atoms with van der Waals surface area (Å²) < 4.78 is 25.3. The van der Waals surface area contributed by atoms with E-state index in [1.54, 1.807) is 30.3 Å². The van der Waals surface area contributed by atoms with Crippen molar-refractivity contribution >= 4 is 39.4 Å². The highest BCUT2D eigenvalue weighted by Gasteiger charge is 2.36. The summed E-state index contributed by atoms with van der Waals surface area (Å²) >= 11 is 0.